The number of anilines is 2. The minimum absolute atomic E-state index is 0.00990. The van der Waals surface area contributed by atoms with Crippen molar-refractivity contribution in [2.75, 3.05) is 37.1 Å². The molecule has 2 unspecified atom stereocenters. The lowest BCUT2D eigenvalue weighted by Gasteiger charge is -2.31. The number of nitrogens with zero attached hydrogens (tertiary/aromatic N) is 2. The average molecular weight is 673 g/mol. The molecular weight excluding hydrogens is 636 g/mol. The van der Waals surface area contributed by atoms with Gasteiger partial charge in [-0.15, -0.1) is 0 Å². The minimum Gasteiger partial charge on any atom is -0.490 e. The van der Waals surface area contributed by atoms with Crippen LogP contribution in [0.4, 0.5) is 17.1 Å². The SMILES string of the molecule is CC(=O)Nc1ccc(OCCOC(=O)C2=C(C)N=C(C)C(C(=O)OCCOc3ccc(NC(C)=O)cc3)C2c2ccccc2[N+](=O)[O-])cc1. The van der Waals surface area contributed by atoms with Gasteiger partial charge in [-0.1, -0.05) is 18.2 Å². The Hall–Kier alpha value is -6.05. The van der Waals surface area contributed by atoms with Crippen LogP contribution in [-0.4, -0.2) is 60.8 Å². The van der Waals surface area contributed by atoms with Crippen molar-refractivity contribution < 1.29 is 43.0 Å². The molecule has 0 bridgehead atoms. The molecule has 1 heterocycles. The van der Waals surface area contributed by atoms with Gasteiger partial charge < -0.3 is 29.6 Å². The largest absolute Gasteiger partial charge is 0.490 e. The van der Waals surface area contributed by atoms with Crippen LogP contribution in [0.25, 0.3) is 0 Å². The van der Waals surface area contributed by atoms with Crippen LogP contribution in [-0.2, 0) is 28.7 Å². The molecule has 0 aliphatic carbocycles. The van der Waals surface area contributed by atoms with Gasteiger partial charge in [0.2, 0.25) is 11.8 Å². The predicted octanol–water partition coefficient (Wildman–Crippen LogP) is 5.20. The van der Waals surface area contributed by atoms with E-state index in [1.807, 2.05) is 0 Å². The lowest BCUT2D eigenvalue weighted by Crippen LogP contribution is -2.37. The van der Waals surface area contributed by atoms with Gasteiger partial charge in [0.1, 0.15) is 43.8 Å². The van der Waals surface area contributed by atoms with Crippen molar-refractivity contribution in [2.45, 2.75) is 33.6 Å². The van der Waals surface area contributed by atoms with Crippen LogP contribution in [0.3, 0.4) is 0 Å². The Morgan fingerprint density at radius 3 is 1.78 bits per heavy atom. The van der Waals surface area contributed by atoms with Gasteiger partial charge in [0.25, 0.3) is 5.69 Å². The summed E-state index contributed by atoms with van der Waals surface area (Å²) in [7, 11) is 0. The number of hydrogen-bond acceptors (Lipinski definition) is 11. The molecule has 14 nitrogen and oxygen atoms in total. The number of ether oxygens (including phenoxy) is 4. The molecule has 1 aliphatic rings. The van der Waals surface area contributed by atoms with E-state index in [-0.39, 0.29) is 60.8 Å². The zero-order chi connectivity index (χ0) is 35.5. The van der Waals surface area contributed by atoms with Crippen molar-refractivity contribution in [3.8, 4) is 11.5 Å². The molecular formula is C35H36N4O10. The molecule has 2 atom stereocenters. The topological polar surface area (TPSA) is 185 Å². The highest BCUT2D eigenvalue weighted by atomic mass is 16.6. The Labute approximate surface area is 282 Å². The summed E-state index contributed by atoms with van der Waals surface area (Å²) in [5.41, 5.74) is 1.57. The van der Waals surface area contributed by atoms with Crippen LogP contribution in [0.15, 0.2) is 89.1 Å². The third kappa shape index (κ3) is 9.73. The highest BCUT2D eigenvalue weighted by Gasteiger charge is 2.44. The summed E-state index contributed by atoms with van der Waals surface area (Å²) in [5.74, 6) is -3.34. The van der Waals surface area contributed by atoms with E-state index in [1.165, 1.54) is 32.0 Å². The number of amides is 2. The first-order valence-electron chi connectivity index (χ1n) is 15.3. The molecule has 256 valence electrons. The van der Waals surface area contributed by atoms with Crippen LogP contribution in [0.2, 0.25) is 0 Å². The zero-order valence-electron chi connectivity index (χ0n) is 27.4. The number of allylic oxidation sites excluding steroid dienone is 1. The summed E-state index contributed by atoms with van der Waals surface area (Å²) in [6, 6.07) is 19.1. The fourth-order valence-corrected chi connectivity index (χ4v) is 5.30. The number of nitrogens with one attached hydrogen (secondary N) is 2. The van der Waals surface area contributed by atoms with E-state index in [1.54, 1.807) is 68.4 Å². The lowest BCUT2D eigenvalue weighted by molar-refractivity contribution is -0.385. The Balaban J connectivity index is 1.47. The number of rotatable bonds is 14. The van der Waals surface area contributed by atoms with Gasteiger partial charge >= 0.3 is 11.9 Å². The quantitative estimate of drug-likeness (QED) is 0.0998. The molecule has 0 fully saturated rings. The van der Waals surface area contributed by atoms with Crippen LogP contribution in [0.1, 0.15) is 39.2 Å². The van der Waals surface area contributed by atoms with E-state index >= 15 is 0 Å². The number of nitro groups is 1. The molecule has 0 saturated carbocycles. The third-order valence-corrected chi connectivity index (χ3v) is 7.30. The van der Waals surface area contributed by atoms with E-state index < -0.39 is 28.7 Å². The molecule has 0 aromatic heterocycles. The second kappa shape index (κ2) is 16.7. The first-order valence-corrected chi connectivity index (χ1v) is 15.3. The zero-order valence-corrected chi connectivity index (χ0v) is 27.4. The van der Waals surface area contributed by atoms with Crippen molar-refractivity contribution in [2.24, 2.45) is 10.9 Å². The Morgan fingerprint density at radius 2 is 1.27 bits per heavy atom. The highest BCUT2D eigenvalue weighted by Crippen LogP contribution is 2.43. The number of hydrogen-bond donors (Lipinski definition) is 2. The van der Waals surface area contributed by atoms with Crippen molar-refractivity contribution >= 4 is 46.5 Å². The van der Waals surface area contributed by atoms with Gasteiger partial charge in [0.15, 0.2) is 0 Å². The minimum atomic E-state index is -1.18. The molecule has 4 rings (SSSR count). The monoisotopic (exact) mass is 672 g/mol. The maximum atomic E-state index is 13.6. The number of carbonyl (C=O) groups is 4. The summed E-state index contributed by atoms with van der Waals surface area (Å²) >= 11 is 0. The second-order valence-electron chi connectivity index (χ2n) is 10.9. The molecule has 0 spiro atoms. The van der Waals surface area contributed by atoms with Gasteiger partial charge in [-0.05, 0) is 62.4 Å². The van der Waals surface area contributed by atoms with E-state index in [9.17, 15) is 29.3 Å². The normalized spacial score (nSPS) is 15.4. The number of benzene rings is 3. The Bertz CT molecular complexity index is 1770. The molecule has 0 radical (unpaired) electrons. The number of nitro benzene ring substituents is 1. The van der Waals surface area contributed by atoms with E-state index in [4.69, 9.17) is 18.9 Å². The maximum absolute atomic E-state index is 13.6. The molecule has 1 aliphatic heterocycles. The first-order chi connectivity index (χ1) is 23.4. The Kier molecular flexibility index (Phi) is 12.2. The molecule has 14 heteroatoms. The first kappa shape index (κ1) is 35.8. The predicted molar refractivity (Wildman–Crippen MR) is 180 cm³/mol. The summed E-state index contributed by atoms with van der Waals surface area (Å²) in [6.07, 6.45) is 0. The number of carbonyl (C=O) groups excluding carboxylic acids is 4. The van der Waals surface area contributed by atoms with Crippen molar-refractivity contribution in [3.63, 3.8) is 0 Å². The van der Waals surface area contributed by atoms with Crippen molar-refractivity contribution in [3.05, 3.63) is 99.7 Å². The summed E-state index contributed by atoms with van der Waals surface area (Å²) in [6.45, 7) is 5.60. The average Bonchev–Trinajstić information content (AvgIpc) is 3.05. The third-order valence-electron chi connectivity index (χ3n) is 7.30. The van der Waals surface area contributed by atoms with Crippen LogP contribution >= 0.6 is 0 Å². The number of para-hydroxylation sites is 1. The summed E-state index contributed by atoms with van der Waals surface area (Å²) < 4.78 is 22.4. The Morgan fingerprint density at radius 1 is 0.755 bits per heavy atom. The number of esters is 2. The van der Waals surface area contributed by atoms with Gasteiger partial charge in [-0.25, -0.2) is 4.79 Å². The summed E-state index contributed by atoms with van der Waals surface area (Å²) in [5, 5.41) is 17.4. The van der Waals surface area contributed by atoms with E-state index in [2.05, 4.69) is 15.6 Å². The lowest BCUT2D eigenvalue weighted by atomic mass is 9.75. The fraction of sp³-hybridized carbons (Fsp3) is 0.286. The van der Waals surface area contributed by atoms with Crippen molar-refractivity contribution in [1.29, 1.82) is 0 Å². The second-order valence-corrected chi connectivity index (χ2v) is 10.9. The smallest absolute Gasteiger partial charge is 0.336 e. The van der Waals surface area contributed by atoms with Gasteiger partial charge in [0, 0.05) is 54.2 Å². The van der Waals surface area contributed by atoms with Gasteiger partial charge in [0.05, 0.1) is 10.5 Å². The van der Waals surface area contributed by atoms with Crippen LogP contribution in [0, 0.1) is 16.0 Å². The van der Waals surface area contributed by atoms with Gasteiger partial charge in [-0.2, -0.15) is 0 Å². The van der Waals surface area contributed by atoms with Gasteiger partial charge in [-0.3, -0.25) is 29.5 Å². The summed E-state index contributed by atoms with van der Waals surface area (Å²) in [4.78, 5) is 65.6. The molecule has 3 aromatic rings. The van der Waals surface area contributed by atoms with Crippen molar-refractivity contribution in [1.82, 2.24) is 0 Å². The highest BCUT2D eigenvalue weighted by molar-refractivity contribution is 6.07. The molecule has 2 N–H and O–H groups in total. The van der Waals surface area contributed by atoms with Crippen LogP contribution in [0.5, 0.6) is 11.5 Å². The molecule has 3 aromatic carbocycles. The van der Waals surface area contributed by atoms with Crippen LogP contribution < -0.4 is 20.1 Å². The molecule has 2 amide bonds. The molecule has 0 saturated heterocycles. The van der Waals surface area contributed by atoms with E-state index in [0.29, 0.717) is 28.6 Å². The maximum Gasteiger partial charge on any atom is 0.336 e. The number of aliphatic imine (C=N–C) groups is 1. The van der Waals surface area contributed by atoms with E-state index in [0.717, 1.165) is 0 Å². The fourth-order valence-electron chi connectivity index (χ4n) is 5.30. The molecule has 49 heavy (non-hydrogen) atoms. The standard InChI is InChI=1S/C35H36N4O10/c1-21-31(34(42)48-19-17-46-27-13-9-25(10-14-27)37-23(3)40)33(29-7-5-6-8-30(29)39(44)45)32(22(2)36-21)35(43)49-20-18-47-28-15-11-26(12-16-28)38-24(4)41/h5-16,31,33H,17-20H2,1-4H3,(H,37,40)(H,38,41).